The standard InChI is InChI=1S/C14H15ClN2O/c1-16-14(10-4-3-5-12(15)6-10)11-7-13(18-2)9-17-8-11/h3-9,14,16H,1-2H3. The fourth-order valence-electron chi connectivity index (χ4n) is 1.92. The lowest BCUT2D eigenvalue weighted by atomic mass is 10.0. The lowest BCUT2D eigenvalue weighted by Gasteiger charge is -2.17. The molecule has 1 aromatic carbocycles. The average molecular weight is 263 g/mol. The number of aromatic nitrogens is 1. The van der Waals surface area contributed by atoms with E-state index < -0.39 is 0 Å². The van der Waals surface area contributed by atoms with Crippen LogP contribution in [0.3, 0.4) is 0 Å². The predicted molar refractivity (Wildman–Crippen MR) is 73.1 cm³/mol. The molecular formula is C14H15ClN2O. The summed E-state index contributed by atoms with van der Waals surface area (Å²) in [5.41, 5.74) is 2.14. The molecule has 0 spiro atoms. The average Bonchev–Trinajstić information content (AvgIpc) is 2.40. The van der Waals surface area contributed by atoms with Crippen molar-refractivity contribution in [2.75, 3.05) is 14.2 Å². The van der Waals surface area contributed by atoms with E-state index in [0.29, 0.717) is 0 Å². The minimum atomic E-state index is 0.0475. The fraction of sp³-hybridized carbons (Fsp3) is 0.214. The number of ether oxygens (including phenoxy) is 1. The highest BCUT2D eigenvalue weighted by Gasteiger charge is 2.13. The van der Waals surface area contributed by atoms with Gasteiger partial charge in [-0.05, 0) is 36.4 Å². The quantitative estimate of drug-likeness (QED) is 0.920. The molecular weight excluding hydrogens is 248 g/mol. The summed E-state index contributed by atoms with van der Waals surface area (Å²) in [4.78, 5) is 4.17. The van der Waals surface area contributed by atoms with Crippen LogP contribution >= 0.6 is 11.6 Å². The number of pyridine rings is 1. The van der Waals surface area contributed by atoms with Crippen LogP contribution in [0.5, 0.6) is 5.75 Å². The maximum atomic E-state index is 6.02. The zero-order valence-corrected chi connectivity index (χ0v) is 11.1. The third-order valence-corrected chi connectivity index (χ3v) is 3.01. The van der Waals surface area contributed by atoms with Crippen molar-refractivity contribution in [2.24, 2.45) is 0 Å². The number of benzene rings is 1. The second-order valence-corrected chi connectivity index (χ2v) is 4.37. The predicted octanol–water partition coefficient (Wildman–Crippen LogP) is 3.05. The monoisotopic (exact) mass is 262 g/mol. The van der Waals surface area contributed by atoms with Crippen LogP contribution in [0.25, 0.3) is 0 Å². The highest BCUT2D eigenvalue weighted by molar-refractivity contribution is 6.30. The molecule has 1 atom stereocenters. The van der Waals surface area contributed by atoms with Crippen LogP contribution in [0.4, 0.5) is 0 Å². The Morgan fingerprint density at radius 3 is 2.72 bits per heavy atom. The van der Waals surface area contributed by atoms with Crippen LogP contribution in [0.15, 0.2) is 42.7 Å². The largest absolute Gasteiger partial charge is 0.495 e. The van der Waals surface area contributed by atoms with Crippen molar-refractivity contribution < 1.29 is 4.74 Å². The van der Waals surface area contributed by atoms with Crippen molar-refractivity contribution >= 4 is 11.6 Å². The first kappa shape index (κ1) is 12.9. The molecule has 0 aliphatic heterocycles. The molecule has 2 aromatic rings. The van der Waals surface area contributed by atoms with E-state index in [4.69, 9.17) is 16.3 Å². The first-order valence-corrected chi connectivity index (χ1v) is 6.04. The Labute approximate surface area is 112 Å². The Kier molecular flexibility index (Phi) is 4.18. The van der Waals surface area contributed by atoms with Gasteiger partial charge in [0, 0.05) is 11.2 Å². The van der Waals surface area contributed by atoms with Crippen molar-refractivity contribution in [3.05, 3.63) is 58.9 Å². The number of halogens is 1. The molecule has 0 aliphatic carbocycles. The molecule has 0 amide bonds. The highest BCUT2D eigenvalue weighted by atomic mass is 35.5. The van der Waals surface area contributed by atoms with Crippen molar-refractivity contribution in [3.63, 3.8) is 0 Å². The molecule has 3 nitrogen and oxygen atoms in total. The topological polar surface area (TPSA) is 34.2 Å². The van der Waals surface area contributed by atoms with Gasteiger partial charge in [-0.25, -0.2) is 0 Å². The summed E-state index contributed by atoms with van der Waals surface area (Å²) in [7, 11) is 3.54. The minimum Gasteiger partial charge on any atom is -0.495 e. The minimum absolute atomic E-state index is 0.0475. The van der Waals surface area contributed by atoms with Crippen molar-refractivity contribution in [1.29, 1.82) is 0 Å². The number of methoxy groups -OCH3 is 1. The van der Waals surface area contributed by atoms with E-state index >= 15 is 0 Å². The third-order valence-electron chi connectivity index (χ3n) is 2.77. The second kappa shape index (κ2) is 5.85. The van der Waals surface area contributed by atoms with Gasteiger partial charge < -0.3 is 10.1 Å². The molecule has 1 unspecified atom stereocenters. The molecule has 0 saturated carbocycles. The van der Waals surface area contributed by atoms with Crippen LogP contribution in [0, 0.1) is 0 Å². The lowest BCUT2D eigenvalue weighted by Crippen LogP contribution is -2.17. The van der Waals surface area contributed by atoms with E-state index in [1.54, 1.807) is 13.3 Å². The van der Waals surface area contributed by atoms with Gasteiger partial charge >= 0.3 is 0 Å². The zero-order valence-electron chi connectivity index (χ0n) is 10.4. The van der Waals surface area contributed by atoms with Gasteiger partial charge in [0.25, 0.3) is 0 Å². The van der Waals surface area contributed by atoms with Gasteiger partial charge in [-0.2, -0.15) is 0 Å². The van der Waals surface area contributed by atoms with Gasteiger partial charge in [0.05, 0.1) is 19.3 Å². The molecule has 2 rings (SSSR count). The maximum absolute atomic E-state index is 6.02. The Balaban J connectivity index is 2.38. The molecule has 1 aromatic heterocycles. The smallest absolute Gasteiger partial charge is 0.137 e. The van der Waals surface area contributed by atoms with Crippen molar-refractivity contribution in [3.8, 4) is 5.75 Å². The molecule has 1 heterocycles. The van der Waals surface area contributed by atoms with Gasteiger partial charge in [-0.15, -0.1) is 0 Å². The van der Waals surface area contributed by atoms with Crippen molar-refractivity contribution in [1.82, 2.24) is 10.3 Å². The summed E-state index contributed by atoms with van der Waals surface area (Å²) in [6, 6.07) is 9.80. The van der Waals surface area contributed by atoms with E-state index in [2.05, 4.69) is 10.3 Å². The number of nitrogens with zero attached hydrogens (tertiary/aromatic N) is 1. The summed E-state index contributed by atoms with van der Waals surface area (Å²) in [6.07, 6.45) is 3.51. The molecule has 0 radical (unpaired) electrons. The molecule has 0 aliphatic rings. The Morgan fingerprint density at radius 1 is 1.22 bits per heavy atom. The van der Waals surface area contributed by atoms with E-state index in [-0.39, 0.29) is 6.04 Å². The second-order valence-electron chi connectivity index (χ2n) is 3.93. The Hall–Kier alpha value is -1.58. The van der Waals surface area contributed by atoms with Crippen LogP contribution in [0.2, 0.25) is 5.02 Å². The van der Waals surface area contributed by atoms with Gasteiger partial charge in [-0.3, -0.25) is 4.98 Å². The number of nitrogens with one attached hydrogen (secondary N) is 1. The van der Waals surface area contributed by atoms with E-state index in [0.717, 1.165) is 21.9 Å². The van der Waals surface area contributed by atoms with Gasteiger partial charge in [-0.1, -0.05) is 23.7 Å². The Bertz CT molecular complexity index is 531. The molecule has 1 N–H and O–H groups in total. The zero-order chi connectivity index (χ0) is 13.0. The molecule has 4 heteroatoms. The summed E-state index contributed by atoms with van der Waals surface area (Å²) in [5, 5.41) is 3.98. The Morgan fingerprint density at radius 2 is 2.06 bits per heavy atom. The summed E-state index contributed by atoms with van der Waals surface area (Å²) >= 11 is 6.02. The summed E-state index contributed by atoms with van der Waals surface area (Å²) < 4.78 is 5.19. The summed E-state index contributed by atoms with van der Waals surface area (Å²) in [6.45, 7) is 0. The third kappa shape index (κ3) is 2.81. The van der Waals surface area contributed by atoms with E-state index in [1.807, 2.05) is 43.6 Å². The number of hydrogen-bond donors (Lipinski definition) is 1. The molecule has 94 valence electrons. The molecule has 0 fully saturated rings. The van der Waals surface area contributed by atoms with Crippen LogP contribution in [0.1, 0.15) is 17.2 Å². The maximum Gasteiger partial charge on any atom is 0.137 e. The number of rotatable bonds is 4. The van der Waals surface area contributed by atoms with E-state index in [9.17, 15) is 0 Å². The molecule has 18 heavy (non-hydrogen) atoms. The van der Waals surface area contributed by atoms with Crippen molar-refractivity contribution in [2.45, 2.75) is 6.04 Å². The highest BCUT2D eigenvalue weighted by Crippen LogP contribution is 2.25. The SMILES string of the molecule is CNC(c1cccc(Cl)c1)c1cncc(OC)c1. The molecule has 0 saturated heterocycles. The summed E-state index contributed by atoms with van der Waals surface area (Å²) in [5.74, 6) is 0.745. The normalized spacial score (nSPS) is 12.2. The first-order chi connectivity index (χ1) is 8.74. The lowest BCUT2D eigenvalue weighted by molar-refractivity contribution is 0.411. The van der Waals surface area contributed by atoms with Gasteiger partial charge in [0.2, 0.25) is 0 Å². The number of hydrogen-bond acceptors (Lipinski definition) is 3. The van der Waals surface area contributed by atoms with E-state index in [1.165, 1.54) is 0 Å². The van der Waals surface area contributed by atoms with Crippen LogP contribution in [-0.2, 0) is 0 Å². The van der Waals surface area contributed by atoms with Crippen LogP contribution in [-0.4, -0.2) is 19.1 Å². The first-order valence-electron chi connectivity index (χ1n) is 5.66. The molecule has 0 bridgehead atoms. The van der Waals surface area contributed by atoms with Crippen LogP contribution < -0.4 is 10.1 Å². The van der Waals surface area contributed by atoms with Gasteiger partial charge in [0.15, 0.2) is 0 Å². The fourth-order valence-corrected chi connectivity index (χ4v) is 2.12. The van der Waals surface area contributed by atoms with Gasteiger partial charge in [0.1, 0.15) is 5.75 Å².